The highest BCUT2D eigenvalue weighted by Crippen LogP contribution is 2.36. The van der Waals surface area contributed by atoms with Crippen molar-refractivity contribution >= 4 is 11.6 Å². The van der Waals surface area contributed by atoms with Crippen LogP contribution in [-0.2, 0) is 14.9 Å². The molecule has 0 radical (unpaired) electrons. The molecule has 2 rings (SSSR count). The highest BCUT2D eigenvalue weighted by molar-refractivity contribution is 5.88. The molecule has 4 nitrogen and oxygen atoms in total. The van der Waals surface area contributed by atoms with Gasteiger partial charge in [0.15, 0.2) is 0 Å². The summed E-state index contributed by atoms with van der Waals surface area (Å²) in [6.07, 6.45) is 1.51. The highest BCUT2D eigenvalue weighted by atomic mass is 16.5. The molecule has 0 aromatic heterocycles. The van der Waals surface area contributed by atoms with Gasteiger partial charge in [-0.15, -0.1) is 0 Å². The predicted molar refractivity (Wildman–Crippen MR) is 76.4 cm³/mol. The summed E-state index contributed by atoms with van der Waals surface area (Å²) in [6, 6.07) is 8.15. The van der Waals surface area contributed by atoms with Gasteiger partial charge < -0.3 is 15.0 Å². The lowest BCUT2D eigenvalue weighted by Crippen LogP contribution is -2.47. The van der Waals surface area contributed by atoms with Gasteiger partial charge >= 0.3 is 0 Å². The Kier molecular flexibility index (Phi) is 4.10. The van der Waals surface area contributed by atoms with Gasteiger partial charge in [0.1, 0.15) is 0 Å². The summed E-state index contributed by atoms with van der Waals surface area (Å²) >= 11 is 0. The third-order valence-corrected chi connectivity index (χ3v) is 3.89. The normalized spacial score (nSPS) is 17.8. The van der Waals surface area contributed by atoms with Crippen molar-refractivity contribution in [3.8, 4) is 0 Å². The van der Waals surface area contributed by atoms with Gasteiger partial charge in [0.05, 0.1) is 5.41 Å². The number of amides is 1. The van der Waals surface area contributed by atoms with E-state index < -0.39 is 5.41 Å². The molecule has 0 spiro atoms. The second kappa shape index (κ2) is 5.61. The van der Waals surface area contributed by atoms with Crippen molar-refractivity contribution in [3.63, 3.8) is 0 Å². The van der Waals surface area contributed by atoms with E-state index in [1.54, 1.807) is 4.90 Å². The summed E-state index contributed by atoms with van der Waals surface area (Å²) in [6.45, 7) is 1.29. The standard InChI is InChI=1S/C15H22N2O2/c1-16-13-6-4-12(5-7-13)15(14(18)17(2)3)8-10-19-11-9-15/h4-7,16H,8-11H2,1-3H3. The van der Waals surface area contributed by atoms with Gasteiger partial charge in [0.25, 0.3) is 0 Å². The van der Waals surface area contributed by atoms with E-state index in [0.29, 0.717) is 13.2 Å². The fraction of sp³-hybridized carbons (Fsp3) is 0.533. The number of hydrogen-bond acceptors (Lipinski definition) is 3. The number of likely N-dealkylation sites (N-methyl/N-ethyl adjacent to an activating group) is 1. The van der Waals surface area contributed by atoms with Crippen molar-refractivity contribution in [2.24, 2.45) is 0 Å². The highest BCUT2D eigenvalue weighted by Gasteiger charge is 2.42. The molecule has 1 aliphatic rings. The van der Waals surface area contributed by atoms with Crippen LogP contribution in [0.15, 0.2) is 24.3 Å². The molecule has 1 aliphatic heterocycles. The number of carbonyl (C=O) groups is 1. The maximum absolute atomic E-state index is 12.6. The predicted octanol–water partition coefficient (Wildman–Crippen LogP) is 1.86. The van der Waals surface area contributed by atoms with Gasteiger partial charge in [-0.1, -0.05) is 12.1 Å². The van der Waals surface area contributed by atoms with Crippen LogP contribution in [0.3, 0.4) is 0 Å². The zero-order valence-corrected chi connectivity index (χ0v) is 11.9. The fourth-order valence-electron chi connectivity index (χ4n) is 2.73. The first kappa shape index (κ1) is 13.9. The van der Waals surface area contributed by atoms with Crippen LogP contribution < -0.4 is 5.32 Å². The average molecular weight is 262 g/mol. The SMILES string of the molecule is CNc1ccc(C2(C(=O)N(C)C)CCOCC2)cc1. The van der Waals surface area contributed by atoms with Crippen LogP contribution in [0.2, 0.25) is 0 Å². The van der Waals surface area contributed by atoms with Gasteiger partial charge in [0, 0.05) is 40.0 Å². The molecule has 104 valence electrons. The minimum Gasteiger partial charge on any atom is -0.388 e. The summed E-state index contributed by atoms with van der Waals surface area (Å²) in [7, 11) is 5.53. The molecule has 1 fully saturated rings. The van der Waals surface area contributed by atoms with Gasteiger partial charge in [-0.25, -0.2) is 0 Å². The van der Waals surface area contributed by atoms with Crippen LogP contribution in [0, 0.1) is 0 Å². The average Bonchev–Trinajstić information content (AvgIpc) is 2.47. The molecule has 1 aromatic carbocycles. The molecule has 0 atom stereocenters. The largest absolute Gasteiger partial charge is 0.388 e. The summed E-state index contributed by atoms with van der Waals surface area (Å²) in [5.74, 6) is 0.174. The molecule has 1 N–H and O–H groups in total. The lowest BCUT2D eigenvalue weighted by atomic mass is 9.73. The van der Waals surface area contributed by atoms with E-state index in [4.69, 9.17) is 4.74 Å². The van der Waals surface area contributed by atoms with E-state index >= 15 is 0 Å². The zero-order valence-electron chi connectivity index (χ0n) is 11.9. The van der Waals surface area contributed by atoms with E-state index in [1.165, 1.54) is 0 Å². The van der Waals surface area contributed by atoms with E-state index in [1.807, 2.05) is 33.3 Å². The molecule has 0 aliphatic carbocycles. The molecule has 0 saturated carbocycles. The Morgan fingerprint density at radius 2 is 1.79 bits per heavy atom. The van der Waals surface area contributed by atoms with Crippen LogP contribution in [0.25, 0.3) is 0 Å². The first-order chi connectivity index (χ1) is 9.10. The van der Waals surface area contributed by atoms with Crippen LogP contribution in [0.1, 0.15) is 18.4 Å². The number of nitrogens with one attached hydrogen (secondary N) is 1. The van der Waals surface area contributed by atoms with E-state index in [9.17, 15) is 4.79 Å². The second-order valence-corrected chi connectivity index (χ2v) is 5.22. The number of rotatable bonds is 3. The molecule has 4 heteroatoms. The molecule has 0 bridgehead atoms. The van der Waals surface area contributed by atoms with E-state index in [0.717, 1.165) is 24.1 Å². The van der Waals surface area contributed by atoms with Crippen molar-refractivity contribution < 1.29 is 9.53 Å². The Balaban J connectivity index is 2.38. The Labute approximate surface area is 114 Å². The summed E-state index contributed by atoms with van der Waals surface area (Å²) in [5, 5.41) is 3.10. The molecule has 1 saturated heterocycles. The van der Waals surface area contributed by atoms with Crippen LogP contribution in [-0.4, -0.2) is 45.2 Å². The first-order valence-corrected chi connectivity index (χ1v) is 6.68. The van der Waals surface area contributed by atoms with E-state index in [-0.39, 0.29) is 5.91 Å². The van der Waals surface area contributed by atoms with Crippen molar-refractivity contribution in [2.45, 2.75) is 18.3 Å². The van der Waals surface area contributed by atoms with Gasteiger partial charge in [-0.3, -0.25) is 4.79 Å². The lowest BCUT2D eigenvalue weighted by molar-refractivity contribution is -0.138. The third kappa shape index (κ3) is 2.59. The molecule has 1 amide bonds. The minimum atomic E-state index is -0.423. The monoisotopic (exact) mass is 262 g/mol. The molecule has 1 aromatic rings. The Bertz CT molecular complexity index is 434. The second-order valence-electron chi connectivity index (χ2n) is 5.22. The van der Waals surface area contributed by atoms with Gasteiger partial charge in [-0.2, -0.15) is 0 Å². The van der Waals surface area contributed by atoms with Crippen LogP contribution in [0.5, 0.6) is 0 Å². The first-order valence-electron chi connectivity index (χ1n) is 6.68. The summed E-state index contributed by atoms with van der Waals surface area (Å²) in [4.78, 5) is 14.3. The molecular weight excluding hydrogens is 240 g/mol. The number of benzene rings is 1. The smallest absolute Gasteiger partial charge is 0.232 e. The maximum Gasteiger partial charge on any atom is 0.232 e. The number of carbonyl (C=O) groups excluding carboxylic acids is 1. The molecule has 0 unspecified atom stereocenters. The number of nitrogens with zero attached hydrogens (tertiary/aromatic N) is 1. The molecule has 1 heterocycles. The third-order valence-electron chi connectivity index (χ3n) is 3.89. The molecule has 19 heavy (non-hydrogen) atoms. The maximum atomic E-state index is 12.6. The van der Waals surface area contributed by atoms with Crippen molar-refractivity contribution in [3.05, 3.63) is 29.8 Å². The Morgan fingerprint density at radius 3 is 2.26 bits per heavy atom. The summed E-state index contributed by atoms with van der Waals surface area (Å²) < 4.78 is 5.44. The van der Waals surface area contributed by atoms with Crippen molar-refractivity contribution in [1.29, 1.82) is 0 Å². The Morgan fingerprint density at radius 1 is 1.21 bits per heavy atom. The Hall–Kier alpha value is -1.55. The van der Waals surface area contributed by atoms with E-state index in [2.05, 4.69) is 17.4 Å². The minimum absolute atomic E-state index is 0.174. The topological polar surface area (TPSA) is 41.6 Å². The zero-order chi connectivity index (χ0) is 13.9. The van der Waals surface area contributed by atoms with Crippen molar-refractivity contribution in [1.82, 2.24) is 4.90 Å². The molecular formula is C15H22N2O2. The number of ether oxygens (including phenoxy) is 1. The number of anilines is 1. The fourth-order valence-corrected chi connectivity index (χ4v) is 2.73. The van der Waals surface area contributed by atoms with Crippen LogP contribution >= 0.6 is 0 Å². The quantitative estimate of drug-likeness (QED) is 0.904. The number of hydrogen-bond donors (Lipinski definition) is 1. The summed E-state index contributed by atoms with van der Waals surface area (Å²) in [5.41, 5.74) is 1.73. The van der Waals surface area contributed by atoms with Crippen molar-refractivity contribution in [2.75, 3.05) is 39.7 Å². The van der Waals surface area contributed by atoms with Gasteiger partial charge in [0.2, 0.25) is 5.91 Å². The van der Waals surface area contributed by atoms with Crippen LogP contribution in [0.4, 0.5) is 5.69 Å². The van der Waals surface area contributed by atoms with Gasteiger partial charge in [-0.05, 0) is 30.5 Å². The lowest BCUT2D eigenvalue weighted by Gasteiger charge is -2.38.